The third-order valence-corrected chi connectivity index (χ3v) is 4.77. The van der Waals surface area contributed by atoms with Gasteiger partial charge in [0.2, 0.25) is 11.8 Å². The lowest BCUT2D eigenvalue weighted by Gasteiger charge is -2.14. The van der Waals surface area contributed by atoms with Crippen molar-refractivity contribution in [3.63, 3.8) is 0 Å². The Morgan fingerprint density at radius 2 is 2.13 bits per heavy atom. The SMILES string of the molecule is N#Cc1cc(-c2ccccc2)sc1NC(=O)CN1CCCC1=O. The van der Waals surface area contributed by atoms with Crippen LogP contribution in [-0.4, -0.2) is 29.8 Å². The lowest BCUT2D eigenvalue weighted by Crippen LogP contribution is -2.33. The van der Waals surface area contributed by atoms with E-state index in [1.54, 1.807) is 11.0 Å². The van der Waals surface area contributed by atoms with Crippen LogP contribution in [0.2, 0.25) is 0 Å². The van der Waals surface area contributed by atoms with Crippen molar-refractivity contribution in [3.05, 3.63) is 42.0 Å². The third kappa shape index (κ3) is 3.41. The standard InChI is InChI=1S/C17H15N3O2S/c18-10-13-9-14(12-5-2-1-3-6-12)23-17(13)19-15(21)11-20-8-4-7-16(20)22/h1-3,5-6,9H,4,7-8,11H2,(H,19,21). The van der Waals surface area contributed by atoms with Gasteiger partial charge in [-0.05, 0) is 18.1 Å². The molecule has 0 radical (unpaired) electrons. The van der Waals surface area contributed by atoms with Crippen LogP contribution in [-0.2, 0) is 9.59 Å². The first-order valence-corrected chi connectivity index (χ1v) is 8.16. The molecule has 1 aromatic carbocycles. The predicted octanol–water partition coefficient (Wildman–Crippen LogP) is 2.85. The molecule has 5 nitrogen and oxygen atoms in total. The highest BCUT2D eigenvalue weighted by Crippen LogP contribution is 2.35. The second kappa shape index (κ2) is 6.63. The maximum atomic E-state index is 12.1. The minimum atomic E-state index is -0.266. The first-order chi connectivity index (χ1) is 11.2. The molecule has 2 aromatic rings. The van der Waals surface area contributed by atoms with Crippen molar-refractivity contribution < 1.29 is 9.59 Å². The normalized spacial score (nSPS) is 13.9. The Bertz CT molecular complexity index is 777. The summed E-state index contributed by atoms with van der Waals surface area (Å²) < 4.78 is 0. The van der Waals surface area contributed by atoms with Gasteiger partial charge in [-0.3, -0.25) is 9.59 Å². The van der Waals surface area contributed by atoms with Gasteiger partial charge < -0.3 is 10.2 Å². The molecule has 1 aromatic heterocycles. The highest BCUT2D eigenvalue weighted by Gasteiger charge is 2.23. The van der Waals surface area contributed by atoms with Gasteiger partial charge in [-0.15, -0.1) is 11.3 Å². The Hall–Kier alpha value is -2.65. The van der Waals surface area contributed by atoms with Crippen LogP contribution in [0.4, 0.5) is 5.00 Å². The number of hydrogen-bond donors (Lipinski definition) is 1. The van der Waals surface area contributed by atoms with E-state index in [-0.39, 0.29) is 18.4 Å². The van der Waals surface area contributed by atoms with E-state index in [1.165, 1.54) is 11.3 Å². The topological polar surface area (TPSA) is 73.2 Å². The number of nitrogens with zero attached hydrogens (tertiary/aromatic N) is 2. The summed E-state index contributed by atoms with van der Waals surface area (Å²) in [6.07, 6.45) is 1.31. The first-order valence-electron chi connectivity index (χ1n) is 7.34. The molecule has 0 bridgehead atoms. The molecular weight excluding hydrogens is 310 g/mol. The molecule has 0 aliphatic carbocycles. The number of amides is 2. The number of nitrogens with one attached hydrogen (secondary N) is 1. The molecule has 23 heavy (non-hydrogen) atoms. The largest absolute Gasteiger partial charge is 0.333 e. The summed E-state index contributed by atoms with van der Waals surface area (Å²) in [4.78, 5) is 26.2. The van der Waals surface area contributed by atoms with Gasteiger partial charge in [0.1, 0.15) is 11.1 Å². The van der Waals surface area contributed by atoms with Crippen molar-refractivity contribution in [1.29, 1.82) is 5.26 Å². The van der Waals surface area contributed by atoms with Crippen LogP contribution in [0.3, 0.4) is 0 Å². The van der Waals surface area contributed by atoms with E-state index in [2.05, 4.69) is 11.4 Å². The van der Waals surface area contributed by atoms with Gasteiger partial charge in [-0.2, -0.15) is 5.26 Å². The Balaban J connectivity index is 1.75. The Morgan fingerprint density at radius 3 is 2.78 bits per heavy atom. The van der Waals surface area contributed by atoms with E-state index in [9.17, 15) is 14.9 Å². The van der Waals surface area contributed by atoms with Crippen LogP contribution >= 0.6 is 11.3 Å². The third-order valence-electron chi connectivity index (χ3n) is 3.67. The van der Waals surface area contributed by atoms with E-state index in [0.29, 0.717) is 23.5 Å². The molecule has 1 aliphatic rings. The molecule has 6 heteroatoms. The van der Waals surface area contributed by atoms with Crippen LogP contribution in [0.15, 0.2) is 36.4 Å². The highest BCUT2D eigenvalue weighted by molar-refractivity contribution is 7.19. The molecule has 1 fully saturated rings. The molecule has 1 saturated heterocycles. The van der Waals surface area contributed by atoms with Crippen LogP contribution in [0.25, 0.3) is 10.4 Å². The molecule has 1 aliphatic heterocycles. The van der Waals surface area contributed by atoms with Crippen molar-refractivity contribution in [2.24, 2.45) is 0 Å². The maximum absolute atomic E-state index is 12.1. The van der Waals surface area contributed by atoms with Gasteiger partial charge >= 0.3 is 0 Å². The van der Waals surface area contributed by atoms with E-state index in [1.807, 2.05) is 30.3 Å². The fourth-order valence-corrected chi connectivity index (χ4v) is 3.55. The van der Waals surface area contributed by atoms with Crippen molar-refractivity contribution >= 4 is 28.2 Å². The summed E-state index contributed by atoms with van der Waals surface area (Å²) >= 11 is 1.37. The van der Waals surface area contributed by atoms with Crippen molar-refractivity contribution in [3.8, 4) is 16.5 Å². The van der Waals surface area contributed by atoms with Crippen LogP contribution in [0.1, 0.15) is 18.4 Å². The molecule has 0 saturated carbocycles. The summed E-state index contributed by atoms with van der Waals surface area (Å²) in [6.45, 7) is 0.666. The van der Waals surface area contributed by atoms with Crippen LogP contribution in [0.5, 0.6) is 0 Å². The zero-order valence-corrected chi connectivity index (χ0v) is 13.2. The number of rotatable bonds is 4. The second-order valence-electron chi connectivity index (χ2n) is 5.30. The average molecular weight is 325 g/mol. The smallest absolute Gasteiger partial charge is 0.244 e. The molecule has 2 amide bonds. The van der Waals surface area contributed by atoms with E-state index >= 15 is 0 Å². The molecule has 1 N–H and O–H groups in total. The number of hydrogen-bond acceptors (Lipinski definition) is 4. The number of nitriles is 1. The van der Waals surface area contributed by atoms with Gasteiger partial charge in [0.25, 0.3) is 0 Å². The van der Waals surface area contributed by atoms with Crippen molar-refractivity contribution in [2.45, 2.75) is 12.8 Å². The quantitative estimate of drug-likeness (QED) is 0.939. The minimum absolute atomic E-state index is 0.0109. The Labute approximate surface area is 138 Å². The minimum Gasteiger partial charge on any atom is -0.333 e. The van der Waals surface area contributed by atoms with Gasteiger partial charge in [0.05, 0.1) is 12.1 Å². The monoisotopic (exact) mass is 325 g/mol. The summed E-state index contributed by atoms with van der Waals surface area (Å²) in [5.41, 5.74) is 1.44. The zero-order valence-electron chi connectivity index (χ0n) is 12.4. The molecular formula is C17H15N3O2S. The molecule has 116 valence electrons. The lowest BCUT2D eigenvalue weighted by atomic mass is 10.2. The molecule has 0 atom stereocenters. The van der Waals surface area contributed by atoms with Gasteiger partial charge in [-0.1, -0.05) is 30.3 Å². The van der Waals surface area contributed by atoms with E-state index < -0.39 is 0 Å². The number of likely N-dealkylation sites (tertiary alicyclic amines) is 1. The molecule has 0 spiro atoms. The van der Waals surface area contributed by atoms with Crippen LogP contribution < -0.4 is 5.32 Å². The second-order valence-corrected chi connectivity index (χ2v) is 6.35. The number of benzene rings is 1. The Morgan fingerprint density at radius 1 is 1.35 bits per heavy atom. The number of carbonyl (C=O) groups is 2. The average Bonchev–Trinajstić information content (AvgIpc) is 3.15. The van der Waals surface area contributed by atoms with Crippen molar-refractivity contribution in [2.75, 3.05) is 18.4 Å². The molecule has 0 unspecified atom stereocenters. The first kappa shape index (κ1) is 15.3. The molecule has 2 heterocycles. The fourth-order valence-electron chi connectivity index (χ4n) is 2.52. The van der Waals surface area contributed by atoms with Crippen molar-refractivity contribution in [1.82, 2.24) is 4.90 Å². The van der Waals surface area contributed by atoms with Gasteiger partial charge in [0.15, 0.2) is 0 Å². The number of anilines is 1. The summed E-state index contributed by atoms with van der Waals surface area (Å²) in [7, 11) is 0. The van der Waals surface area contributed by atoms with E-state index in [4.69, 9.17) is 0 Å². The molecule has 3 rings (SSSR count). The fraction of sp³-hybridized carbons (Fsp3) is 0.235. The maximum Gasteiger partial charge on any atom is 0.244 e. The van der Waals surface area contributed by atoms with E-state index in [0.717, 1.165) is 16.9 Å². The summed E-state index contributed by atoms with van der Waals surface area (Å²) in [5, 5.41) is 12.6. The summed E-state index contributed by atoms with van der Waals surface area (Å²) in [6, 6.07) is 13.6. The lowest BCUT2D eigenvalue weighted by molar-refractivity contribution is -0.131. The highest BCUT2D eigenvalue weighted by atomic mass is 32.1. The van der Waals surface area contributed by atoms with Gasteiger partial charge in [0, 0.05) is 17.8 Å². The van der Waals surface area contributed by atoms with Crippen LogP contribution in [0, 0.1) is 11.3 Å². The number of carbonyl (C=O) groups excluding carboxylic acids is 2. The summed E-state index contributed by atoms with van der Waals surface area (Å²) in [5.74, 6) is -0.255. The Kier molecular flexibility index (Phi) is 4.40. The zero-order chi connectivity index (χ0) is 16.2. The predicted molar refractivity (Wildman–Crippen MR) is 88.9 cm³/mol. The number of thiophene rings is 1. The van der Waals surface area contributed by atoms with Gasteiger partial charge in [-0.25, -0.2) is 0 Å².